The fourth-order valence-corrected chi connectivity index (χ4v) is 9.28. The molecule has 12 heteroatoms. The van der Waals surface area contributed by atoms with Crippen molar-refractivity contribution in [3.8, 4) is 0 Å². The SMILES string of the molecule is COC(=O)[C@H]1OC(=O)[C@@H]2[C@@]3(C)C(=O)[C@H](C=C4[C@@H]3CC[C@@]3(C)[C@H](c5ccoc5)OC(=O)C[C@@]43O)[C@@H](OC(=O)c3cccnc3)[C@@]12C. The van der Waals surface area contributed by atoms with E-state index in [1.807, 2.05) is 6.92 Å². The van der Waals surface area contributed by atoms with Crippen LogP contribution >= 0.6 is 0 Å². The highest BCUT2D eigenvalue weighted by atomic mass is 16.6. The number of carbonyl (C=O) groups excluding carboxylic acids is 5. The second-order valence-corrected chi connectivity index (χ2v) is 13.5. The number of furan rings is 1. The monoisotopic (exact) mass is 619 g/mol. The van der Waals surface area contributed by atoms with Gasteiger partial charge in [0, 0.05) is 28.8 Å². The summed E-state index contributed by atoms with van der Waals surface area (Å²) in [4.78, 5) is 72.2. The average molecular weight is 620 g/mol. The Kier molecular flexibility index (Phi) is 6.26. The van der Waals surface area contributed by atoms with Crippen LogP contribution in [0.5, 0.6) is 0 Å². The number of nitrogens with zero attached hydrogens (tertiary/aromatic N) is 1. The third-order valence-electron chi connectivity index (χ3n) is 11.5. The van der Waals surface area contributed by atoms with E-state index in [0.717, 1.165) is 7.11 Å². The van der Waals surface area contributed by atoms with Crippen LogP contribution in [0.15, 0.2) is 59.2 Å². The molecule has 5 aliphatic rings. The number of hydrogen-bond acceptors (Lipinski definition) is 12. The van der Waals surface area contributed by atoms with Gasteiger partial charge in [0.2, 0.25) is 6.10 Å². The second-order valence-electron chi connectivity index (χ2n) is 13.5. The van der Waals surface area contributed by atoms with Crippen molar-refractivity contribution in [2.75, 3.05) is 7.11 Å². The minimum atomic E-state index is -1.79. The second kappa shape index (κ2) is 9.59. The molecule has 2 aromatic heterocycles. The summed E-state index contributed by atoms with van der Waals surface area (Å²) in [5.74, 6) is -6.60. The van der Waals surface area contributed by atoms with Crippen molar-refractivity contribution >= 4 is 29.7 Å². The highest BCUT2D eigenvalue weighted by molar-refractivity contribution is 6.00. The quantitative estimate of drug-likeness (QED) is 0.302. The van der Waals surface area contributed by atoms with Crippen LogP contribution in [0.3, 0.4) is 0 Å². The summed E-state index contributed by atoms with van der Waals surface area (Å²) in [5.41, 5.74) is -4.74. The first-order valence-electron chi connectivity index (χ1n) is 14.9. The van der Waals surface area contributed by atoms with Gasteiger partial charge in [0.1, 0.15) is 17.8 Å². The van der Waals surface area contributed by atoms with Crippen molar-refractivity contribution in [3.05, 3.63) is 65.9 Å². The molecule has 0 aromatic carbocycles. The van der Waals surface area contributed by atoms with E-state index in [2.05, 4.69) is 4.98 Å². The van der Waals surface area contributed by atoms with Crippen LogP contribution in [-0.2, 0) is 38.1 Å². The third-order valence-corrected chi connectivity index (χ3v) is 11.5. The normalized spacial score (nSPS) is 41.4. The van der Waals surface area contributed by atoms with Crippen molar-refractivity contribution in [1.82, 2.24) is 4.98 Å². The molecule has 3 aliphatic carbocycles. The summed E-state index contributed by atoms with van der Waals surface area (Å²) < 4.78 is 27.9. The maximum atomic E-state index is 14.6. The smallest absolute Gasteiger partial charge is 0.347 e. The molecule has 236 valence electrons. The Hall–Kier alpha value is -4.32. The van der Waals surface area contributed by atoms with Crippen molar-refractivity contribution < 1.29 is 52.4 Å². The molecule has 0 amide bonds. The van der Waals surface area contributed by atoms with E-state index in [1.54, 1.807) is 32.1 Å². The first-order chi connectivity index (χ1) is 21.3. The summed E-state index contributed by atoms with van der Waals surface area (Å²) in [7, 11) is 1.16. The molecule has 2 aliphatic heterocycles. The highest BCUT2D eigenvalue weighted by Gasteiger charge is 2.79. The summed E-state index contributed by atoms with van der Waals surface area (Å²) >= 11 is 0. The Balaban J connectivity index is 1.42. The fraction of sp³-hybridized carbons (Fsp3) is 0.515. The molecule has 7 rings (SSSR count). The van der Waals surface area contributed by atoms with Crippen LogP contribution in [0.25, 0.3) is 0 Å². The number of ketones is 1. The maximum absolute atomic E-state index is 14.6. The van der Waals surface area contributed by atoms with Gasteiger partial charge in [-0.25, -0.2) is 9.59 Å². The number of ether oxygens (including phenoxy) is 4. The Morgan fingerprint density at radius 3 is 2.56 bits per heavy atom. The minimum Gasteiger partial charge on any atom is -0.472 e. The average Bonchev–Trinajstić information content (AvgIpc) is 3.64. The zero-order valence-corrected chi connectivity index (χ0v) is 25.2. The van der Waals surface area contributed by atoms with Crippen LogP contribution in [0.2, 0.25) is 0 Å². The van der Waals surface area contributed by atoms with E-state index >= 15 is 0 Å². The van der Waals surface area contributed by atoms with Crippen molar-refractivity contribution in [3.63, 3.8) is 0 Å². The number of carbonyl (C=O) groups is 5. The molecule has 4 heterocycles. The summed E-state index contributed by atoms with van der Waals surface area (Å²) in [6.07, 6.45) is 3.93. The van der Waals surface area contributed by atoms with Crippen LogP contribution in [0.4, 0.5) is 0 Å². The van der Waals surface area contributed by atoms with Gasteiger partial charge >= 0.3 is 23.9 Å². The van der Waals surface area contributed by atoms with Crippen LogP contribution in [-0.4, -0.2) is 64.7 Å². The van der Waals surface area contributed by atoms with Gasteiger partial charge in [-0.2, -0.15) is 0 Å². The predicted molar refractivity (Wildman–Crippen MR) is 150 cm³/mol. The lowest BCUT2D eigenvalue weighted by Crippen LogP contribution is -2.71. The predicted octanol–water partition coefficient (Wildman–Crippen LogP) is 2.90. The highest BCUT2D eigenvalue weighted by Crippen LogP contribution is 2.70. The molecule has 1 N–H and O–H groups in total. The van der Waals surface area contributed by atoms with Crippen LogP contribution < -0.4 is 0 Å². The van der Waals surface area contributed by atoms with E-state index in [-0.39, 0.29) is 17.8 Å². The molecule has 45 heavy (non-hydrogen) atoms. The number of aliphatic hydroxyl groups is 1. The van der Waals surface area contributed by atoms with Gasteiger partial charge in [-0.15, -0.1) is 0 Å². The molecular weight excluding hydrogens is 586 g/mol. The number of Topliss-reactive ketones (excluding diaryl/α,β-unsaturated/α-hetero) is 1. The fourth-order valence-electron chi connectivity index (χ4n) is 9.28. The Bertz CT molecular complexity index is 1650. The summed E-state index contributed by atoms with van der Waals surface area (Å²) in [6, 6.07) is 4.72. The van der Waals surface area contributed by atoms with Gasteiger partial charge in [-0.05, 0) is 42.5 Å². The molecule has 2 aromatic rings. The van der Waals surface area contributed by atoms with Gasteiger partial charge in [0.15, 0.2) is 5.78 Å². The number of fused-ring (bicyclic) bond motifs is 8. The van der Waals surface area contributed by atoms with Crippen LogP contribution in [0.1, 0.15) is 62.1 Å². The number of hydrogen-bond donors (Lipinski definition) is 1. The maximum Gasteiger partial charge on any atom is 0.347 e. The lowest BCUT2D eigenvalue weighted by molar-refractivity contribution is -0.221. The molecule has 12 nitrogen and oxygen atoms in total. The molecule has 4 fully saturated rings. The minimum absolute atomic E-state index is 0.0986. The molecule has 0 radical (unpaired) electrons. The molecule has 0 unspecified atom stereocenters. The number of cyclic esters (lactones) is 2. The van der Waals surface area contributed by atoms with Crippen LogP contribution in [0, 0.1) is 34.0 Å². The van der Waals surface area contributed by atoms with Gasteiger partial charge in [-0.1, -0.05) is 26.8 Å². The molecular formula is C33H33NO11. The molecule has 2 saturated heterocycles. The molecule has 10 atom stereocenters. The number of methoxy groups -OCH3 is 1. The van der Waals surface area contributed by atoms with E-state index in [4.69, 9.17) is 23.4 Å². The zero-order valence-electron chi connectivity index (χ0n) is 25.2. The number of esters is 4. The zero-order chi connectivity index (χ0) is 32.1. The van der Waals surface area contributed by atoms with Gasteiger partial charge in [-0.3, -0.25) is 19.4 Å². The lowest BCUT2D eigenvalue weighted by Gasteiger charge is -2.64. The third kappa shape index (κ3) is 3.62. The Labute approximate surface area is 258 Å². The Morgan fingerprint density at radius 1 is 1.11 bits per heavy atom. The van der Waals surface area contributed by atoms with E-state index in [0.29, 0.717) is 24.0 Å². The topological polar surface area (TPSA) is 169 Å². The van der Waals surface area contributed by atoms with E-state index in [9.17, 15) is 29.1 Å². The van der Waals surface area contributed by atoms with Crippen molar-refractivity contribution in [2.45, 2.75) is 63.9 Å². The Morgan fingerprint density at radius 2 is 1.89 bits per heavy atom. The standard InChI is InChI=1S/C33H33NO11/c1-30-9-7-19-20(33(30,40)13-21(35)43-24(30)17-8-11-42-15-17)12-18-23(36)31(19,2)22-28(38)45-26(29(39)41-4)32(22,3)25(18)44-27(37)16-6-5-10-34-14-16/h5-6,8,10-12,14-15,18-19,22,24-26,40H,7,9,13H2,1-4H3/t18-,19-,22+,24-,25+,26+,30-,31-,32-,33+/m0/s1. The summed E-state index contributed by atoms with van der Waals surface area (Å²) in [6.45, 7) is 5.10. The van der Waals surface area contributed by atoms with E-state index in [1.165, 1.54) is 31.0 Å². The first kappa shape index (κ1) is 29.4. The largest absolute Gasteiger partial charge is 0.472 e. The van der Waals surface area contributed by atoms with E-state index < -0.39 is 81.8 Å². The van der Waals surface area contributed by atoms with Gasteiger partial charge in [0.25, 0.3) is 0 Å². The van der Waals surface area contributed by atoms with Gasteiger partial charge in [0.05, 0.1) is 48.9 Å². The number of pyridine rings is 1. The summed E-state index contributed by atoms with van der Waals surface area (Å²) in [5, 5.41) is 12.7. The van der Waals surface area contributed by atoms with Crippen molar-refractivity contribution in [1.29, 1.82) is 0 Å². The molecule has 2 saturated carbocycles. The van der Waals surface area contributed by atoms with Gasteiger partial charge < -0.3 is 28.5 Å². The lowest BCUT2D eigenvalue weighted by atomic mass is 9.39. The first-order valence-corrected chi connectivity index (χ1v) is 14.9. The molecule has 0 spiro atoms. The van der Waals surface area contributed by atoms with Crippen molar-refractivity contribution in [2.24, 2.45) is 34.0 Å². The number of rotatable bonds is 4. The molecule has 2 bridgehead atoms. The number of aromatic nitrogens is 1.